The number of nitro benzene ring substituents is 1. The lowest BCUT2D eigenvalue weighted by molar-refractivity contribution is -0.385. The Morgan fingerprint density at radius 2 is 1.65 bits per heavy atom. The van der Waals surface area contributed by atoms with Gasteiger partial charge in [0, 0.05) is 18.7 Å². The third-order valence-corrected chi connectivity index (χ3v) is 6.70. The van der Waals surface area contributed by atoms with Gasteiger partial charge in [-0.3, -0.25) is 19.2 Å². The molecule has 0 unspecified atom stereocenters. The number of nitrogens with zero attached hydrogens (tertiary/aromatic N) is 2. The summed E-state index contributed by atoms with van der Waals surface area (Å²) in [5.74, 6) is -0.508. The second-order valence-corrected chi connectivity index (χ2v) is 8.97. The van der Waals surface area contributed by atoms with E-state index in [1.807, 2.05) is 6.92 Å². The van der Waals surface area contributed by atoms with Crippen LogP contribution in [0.1, 0.15) is 21.5 Å². The van der Waals surface area contributed by atoms with Crippen molar-refractivity contribution in [2.45, 2.75) is 18.7 Å². The van der Waals surface area contributed by atoms with Crippen LogP contribution < -0.4 is 9.62 Å². The van der Waals surface area contributed by atoms with Gasteiger partial charge in [0.05, 0.1) is 26.8 Å². The van der Waals surface area contributed by atoms with Gasteiger partial charge in [0.15, 0.2) is 0 Å². The second-order valence-electron chi connectivity index (χ2n) is 7.00. The van der Waals surface area contributed by atoms with Crippen LogP contribution in [-0.4, -0.2) is 26.3 Å². The molecule has 0 heterocycles. The minimum Gasteiger partial charge on any atom is -0.321 e. The summed E-state index contributed by atoms with van der Waals surface area (Å²) in [7, 11) is -2.39. The molecule has 0 bridgehead atoms. The van der Waals surface area contributed by atoms with Gasteiger partial charge in [0.1, 0.15) is 0 Å². The van der Waals surface area contributed by atoms with Crippen LogP contribution in [0.2, 0.25) is 0 Å². The van der Waals surface area contributed by atoms with Crippen molar-refractivity contribution >= 4 is 33.0 Å². The van der Waals surface area contributed by atoms with Gasteiger partial charge in [-0.25, -0.2) is 8.42 Å². The number of carbonyl (C=O) groups excluding carboxylic acids is 1. The molecule has 0 aliphatic rings. The van der Waals surface area contributed by atoms with E-state index >= 15 is 0 Å². The van der Waals surface area contributed by atoms with Crippen LogP contribution >= 0.6 is 0 Å². The second kappa shape index (κ2) is 8.57. The van der Waals surface area contributed by atoms with E-state index in [1.165, 1.54) is 43.4 Å². The van der Waals surface area contributed by atoms with Crippen molar-refractivity contribution in [2.75, 3.05) is 16.7 Å². The van der Waals surface area contributed by atoms with Gasteiger partial charge in [0.2, 0.25) is 0 Å². The number of amides is 1. The van der Waals surface area contributed by atoms with E-state index in [0.29, 0.717) is 16.9 Å². The SMILES string of the molecule is Cc1ccc(S(=O)(=O)N(C)c2cccc(C(=O)Nc3cccc([N+](=O)[O-])c3C)c2)cc1. The molecule has 0 aliphatic carbocycles. The Balaban J connectivity index is 1.88. The highest BCUT2D eigenvalue weighted by Gasteiger charge is 2.22. The summed E-state index contributed by atoms with van der Waals surface area (Å²) >= 11 is 0. The molecule has 0 fully saturated rings. The molecule has 0 spiro atoms. The van der Waals surface area contributed by atoms with E-state index < -0.39 is 20.9 Å². The van der Waals surface area contributed by atoms with Gasteiger partial charge in [-0.05, 0) is 50.2 Å². The molecule has 0 saturated carbocycles. The monoisotopic (exact) mass is 439 g/mol. The number of hydrogen-bond acceptors (Lipinski definition) is 5. The first-order valence-electron chi connectivity index (χ1n) is 9.32. The van der Waals surface area contributed by atoms with Gasteiger partial charge >= 0.3 is 0 Å². The summed E-state index contributed by atoms with van der Waals surface area (Å²) < 4.78 is 27.0. The van der Waals surface area contributed by atoms with Crippen molar-refractivity contribution in [2.24, 2.45) is 0 Å². The van der Waals surface area contributed by atoms with Gasteiger partial charge in [-0.1, -0.05) is 29.8 Å². The highest BCUT2D eigenvalue weighted by molar-refractivity contribution is 7.92. The summed E-state index contributed by atoms with van der Waals surface area (Å²) in [6.45, 7) is 3.41. The van der Waals surface area contributed by atoms with Crippen molar-refractivity contribution in [3.05, 3.63) is 93.5 Å². The topological polar surface area (TPSA) is 110 Å². The number of aryl methyl sites for hydroxylation is 1. The van der Waals surface area contributed by atoms with Crippen LogP contribution in [0.5, 0.6) is 0 Å². The van der Waals surface area contributed by atoms with Crippen molar-refractivity contribution in [3.8, 4) is 0 Å². The maximum Gasteiger partial charge on any atom is 0.274 e. The first kappa shape index (κ1) is 22.0. The lowest BCUT2D eigenvalue weighted by Gasteiger charge is -2.20. The standard InChI is InChI=1S/C22H21N3O5S/c1-15-10-12-19(13-11-15)31(29,30)24(3)18-7-4-6-17(14-18)22(26)23-20-8-5-9-21(16(20)2)25(27)28/h4-14H,1-3H3,(H,23,26). The van der Waals surface area contributed by atoms with Crippen LogP contribution in [-0.2, 0) is 10.0 Å². The lowest BCUT2D eigenvalue weighted by Crippen LogP contribution is -2.27. The molecule has 0 saturated heterocycles. The third kappa shape index (κ3) is 4.56. The predicted molar refractivity (Wildman–Crippen MR) is 119 cm³/mol. The molecule has 0 radical (unpaired) electrons. The van der Waals surface area contributed by atoms with Crippen molar-refractivity contribution < 1.29 is 18.1 Å². The average molecular weight is 439 g/mol. The number of rotatable bonds is 6. The van der Waals surface area contributed by atoms with E-state index in [2.05, 4.69) is 5.32 Å². The van der Waals surface area contributed by atoms with Gasteiger partial charge in [-0.2, -0.15) is 0 Å². The number of hydrogen-bond donors (Lipinski definition) is 1. The molecular weight excluding hydrogens is 418 g/mol. The predicted octanol–water partition coefficient (Wildman–Crippen LogP) is 4.29. The molecule has 0 aliphatic heterocycles. The van der Waals surface area contributed by atoms with Gasteiger partial charge in [-0.15, -0.1) is 0 Å². The van der Waals surface area contributed by atoms with Crippen LogP contribution in [0.3, 0.4) is 0 Å². The van der Waals surface area contributed by atoms with Crippen LogP contribution in [0.25, 0.3) is 0 Å². The summed E-state index contributed by atoms with van der Waals surface area (Å²) in [5.41, 5.74) is 2.01. The van der Waals surface area contributed by atoms with E-state index in [4.69, 9.17) is 0 Å². The quantitative estimate of drug-likeness (QED) is 0.455. The number of nitrogens with one attached hydrogen (secondary N) is 1. The number of benzene rings is 3. The molecule has 0 aromatic heterocycles. The molecule has 0 atom stereocenters. The van der Waals surface area contributed by atoms with Gasteiger partial charge < -0.3 is 5.32 Å². The molecule has 160 valence electrons. The van der Waals surface area contributed by atoms with Crippen LogP contribution in [0.4, 0.5) is 17.1 Å². The molecule has 1 N–H and O–H groups in total. The van der Waals surface area contributed by atoms with Crippen LogP contribution in [0, 0.1) is 24.0 Å². The van der Waals surface area contributed by atoms with E-state index in [1.54, 1.807) is 37.3 Å². The minimum absolute atomic E-state index is 0.101. The fourth-order valence-corrected chi connectivity index (χ4v) is 4.19. The Morgan fingerprint density at radius 1 is 1.00 bits per heavy atom. The molecule has 3 aromatic rings. The Labute approximate surface area is 180 Å². The first-order chi connectivity index (χ1) is 14.6. The van der Waals surface area contributed by atoms with Crippen molar-refractivity contribution in [3.63, 3.8) is 0 Å². The maximum atomic E-state index is 12.9. The Bertz CT molecular complexity index is 1250. The number of nitro groups is 1. The zero-order chi connectivity index (χ0) is 22.8. The normalized spacial score (nSPS) is 11.1. The third-order valence-electron chi connectivity index (χ3n) is 4.90. The van der Waals surface area contributed by atoms with E-state index in [0.717, 1.165) is 9.87 Å². The first-order valence-corrected chi connectivity index (χ1v) is 10.8. The van der Waals surface area contributed by atoms with E-state index in [9.17, 15) is 23.3 Å². The average Bonchev–Trinajstić information content (AvgIpc) is 2.74. The minimum atomic E-state index is -3.81. The molecule has 8 nitrogen and oxygen atoms in total. The summed E-state index contributed by atoms with van der Waals surface area (Å²) in [6.07, 6.45) is 0. The van der Waals surface area contributed by atoms with E-state index in [-0.39, 0.29) is 16.1 Å². The highest BCUT2D eigenvalue weighted by atomic mass is 32.2. The fraction of sp³-hybridized carbons (Fsp3) is 0.136. The highest BCUT2D eigenvalue weighted by Crippen LogP contribution is 2.27. The maximum absolute atomic E-state index is 12.9. The molecular formula is C22H21N3O5S. The smallest absolute Gasteiger partial charge is 0.274 e. The summed E-state index contributed by atoms with van der Waals surface area (Å²) in [6, 6.07) is 17.1. The number of sulfonamides is 1. The zero-order valence-corrected chi connectivity index (χ0v) is 18.0. The summed E-state index contributed by atoms with van der Waals surface area (Å²) in [4.78, 5) is 23.5. The van der Waals surface area contributed by atoms with Gasteiger partial charge in [0.25, 0.3) is 21.6 Å². The molecule has 1 amide bonds. The lowest BCUT2D eigenvalue weighted by atomic mass is 10.1. The molecule has 3 rings (SSSR count). The molecule has 31 heavy (non-hydrogen) atoms. The Morgan fingerprint density at radius 3 is 2.29 bits per heavy atom. The zero-order valence-electron chi connectivity index (χ0n) is 17.2. The van der Waals surface area contributed by atoms with Crippen LogP contribution in [0.15, 0.2) is 71.6 Å². The number of anilines is 2. The largest absolute Gasteiger partial charge is 0.321 e. The van der Waals surface area contributed by atoms with Crippen molar-refractivity contribution in [1.29, 1.82) is 0 Å². The Kier molecular flexibility index (Phi) is 6.07. The fourth-order valence-electron chi connectivity index (χ4n) is 3.00. The number of carbonyl (C=O) groups is 1. The van der Waals surface area contributed by atoms with Crippen molar-refractivity contribution in [1.82, 2.24) is 0 Å². The molecule has 9 heteroatoms. The molecule has 3 aromatic carbocycles. The summed E-state index contributed by atoms with van der Waals surface area (Å²) in [5, 5.41) is 13.8. The Hall–Kier alpha value is -3.72.